The maximum atomic E-state index is 12.9. The van der Waals surface area contributed by atoms with Crippen LogP contribution >= 0.6 is 0 Å². The predicted molar refractivity (Wildman–Crippen MR) is 78.2 cm³/mol. The minimum Gasteiger partial charge on any atom is -0.330 e. The molecule has 1 saturated carbocycles. The zero-order chi connectivity index (χ0) is 15.7. The van der Waals surface area contributed by atoms with Gasteiger partial charge in [-0.25, -0.2) is 4.98 Å². The number of benzene rings is 1. The molecule has 3 rings (SSSR count). The van der Waals surface area contributed by atoms with Crippen molar-refractivity contribution >= 4 is 0 Å². The van der Waals surface area contributed by atoms with Crippen molar-refractivity contribution in [3.05, 3.63) is 41.7 Å². The van der Waals surface area contributed by atoms with E-state index in [0.717, 1.165) is 36.7 Å². The number of halogens is 3. The molecule has 0 aliphatic heterocycles. The van der Waals surface area contributed by atoms with E-state index in [1.807, 2.05) is 31.3 Å². The molecule has 1 heterocycles. The molecule has 0 radical (unpaired) electrons. The van der Waals surface area contributed by atoms with E-state index in [1.54, 1.807) is 4.57 Å². The molecule has 6 heteroatoms. The van der Waals surface area contributed by atoms with Crippen LogP contribution in [0.1, 0.15) is 24.1 Å². The first-order valence-corrected chi connectivity index (χ1v) is 7.35. The molecular weight excluding hydrogens is 291 g/mol. The van der Waals surface area contributed by atoms with Crippen molar-refractivity contribution < 1.29 is 13.2 Å². The lowest BCUT2D eigenvalue weighted by Crippen LogP contribution is -2.05. The van der Waals surface area contributed by atoms with E-state index in [1.165, 1.54) is 0 Å². The van der Waals surface area contributed by atoms with Gasteiger partial charge in [0.25, 0.3) is 0 Å². The third kappa shape index (κ3) is 3.32. The number of hydrogen-bond acceptors (Lipinski definition) is 2. The van der Waals surface area contributed by atoms with Gasteiger partial charge in [-0.15, -0.1) is 0 Å². The molecule has 1 fully saturated rings. The second kappa shape index (κ2) is 5.76. The molecule has 1 aromatic carbocycles. The fourth-order valence-corrected chi connectivity index (χ4v) is 2.48. The van der Waals surface area contributed by atoms with Gasteiger partial charge in [-0.3, -0.25) is 0 Å². The predicted octanol–water partition coefficient (Wildman–Crippen LogP) is 3.70. The Kier molecular flexibility index (Phi) is 3.95. The lowest BCUT2D eigenvalue weighted by atomic mass is 10.1. The SMILES string of the molecule is CNCc1ccc(-c2nc(C(F)(F)F)cn2CC2CC2)cc1. The van der Waals surface area contributed by atoms with E-state index < -0.39 is 11.9 Å². The summed E-state index contributed by atoms with van der Waals surface area (Å²) >= 11 is 0. The molecule has 2 aromatic rings. The van der Waals surface area contributed by atoms with Crippen molar-refractivity contribution in [2.75, 3.05) is 7.05 Å². The highest BCUT2D eigenvalue weighted by Crippen LogP contribution is 2.35. The quantitative estimate of drug-likeness (QED) is 0.912. The van der Waals surface area contributed by atoms with E-state index in [4.69, 9.17) is 0 Å². The average molecular weight is 309 g/mol. The van der Waals surface area contributed by atoms with Gasteiger partial charge in [0.15, 0.2) is 5.69 Å². The van der Waals surface area contributed by atoms with Crippen molar-refractivity contribution in [3.8, 4) is 11.4 Å². The first-order valence-electron chi connectivity index (χ1n) is 7.35. The second-order valence-corrected chi connectivity index (χ2v) is 5.77. The van der Waals surface area contributed by atoms with Crippen LogP contribution in [0.4, 0.5) is 13.2 Å². The summed E-state index contributed by atoms with van der Waals surface area (Å²) in [6, 6.07) is 7.49. The Bertz CT molecular complexity index is 640. The molecule has 1 aliphatic rings. The summed E-state index contributed by atoms with van der Waals surface area (Å²) in [6.45, 7) is 1.33. The van der Waals surface area contributed by atoms with Crippen molar-refractivity contribution in [2.24, 2.45) is 5.92 Å². The molecule has 3 nitrogen and oxygen atoms in total. The fourth-order valence-electron chi connectivity index (χ4n) is 2.48. The minimum absolute atomic E-state index is 0.398. The molecule has 0 bridgehead atoms. The van der Waals surface area contributed by atoms with Crippen LogP contribution in [0.25, 0.3) is 11.4 Å². The van der Waals surface area contributed by atoms with Gasteiger partial charge >= 0.3 is 6.18 Å². The Hall–Kier alpha value is -1.82. The summed E-state index contributed by atoms with van der Waals surface area (Å²) in [5.41, 5.74) is 0.987. The van der Waals surface area contributed by atoms with Crippen LogP contribution in [0.5, 0.6) is 0 Å². The molecule has 1 aromatic heterocycles. The van der Waals surface area contributed by atoms with Crippen LogP contribution in [0.15, 0.2) is 30.5 Å². The van der Waals surface area contributed by atoms with Gasteiger partial charge in [-0.2, -0.15) is 13.2 Å². The van der Waals surface area contributed by atoms with E-state index in [-0.39, 0.29) is 0 Å². The second-order valence-electron chi connectivity index (χ2n) is 5.77. The fraction of sp³-hybridized carbons (Fsp3) is 0.438. The van der Waals surface area contributed by atoms with Gasteiger partial charge in [0.05, 0.1) is 0 Å². The molecule has 0 spiro atoms. The zero-order valence-electron chi connectivity index (χ0n) is 12.3. The van der Waals surface area contributed by atoms with Crippen LogP contribution in [-0.4, -0.2) is 16.6 Å². The number of imidazole rings is 1. The highest BCUT2D eigenvalue weighted by molar-refractivity contribution is 5.56. The highest BCUT2D eigenvalue weighted by Gasteiger charge is 2.35. The first-order chi connectivity index (χ1) is 10.5. The molecule has 0 saturated heterocycles. The monoisotopic (exact) mass is 309 g/mol. The summed E-state index contributed by atoms with van der Waals surface area (Å²) in [7, 11) is 1.85. The van der Waals surface area contributed by atoms with Gasteiger partial charge in [0.1, 0.15) is 5.82 Å². The molecule has 0 atom stereocenters. The Morgan fingerprint density at radius 3 is 2.45 bits per heavy atom. The molecule has 22 heavy (non-hydrogen) atoms. The third-order valence-electron chi connectivity index (χ3n) is 3.81. The molecule has 1 N–H and O–H groups in total. The summed E-state index contributed by atoms with van der Waals surface area (Å²) in [5.74, 6) is 0.882. The lowest BCUT2D eigenvalue weighted by molar-refractivity contribution is -0.140. The minimum atomic E-state index is -4.41. The van der Waals surface area contributed by atoms with Crippen LogP contribution in [0.3, 0.4) is 0 Å². The zero-order valence-corrected chi connectivity index (χ0v) is 12.3. The van der Waals surface area contributed by atoms with Crippen molar-refractivity contribution in [3.63, 3.8) is 0 Å². The Balaban J connectivity index is 1.94. The maximum Gasteiger partial charge on any atom is 0.434 e. The summed E-state index contributed by atoms with van der Waals surface area (Å²) in [4.78, 5) is 3.83. The van der Waals surface area contributed by atoms with Crippen molar-refractivity contribution in [2.45, 2.75) is 32.1 Å². The van der Waals surface area contributed by atoms with Gasteiger partial charge in [0, 0.05) is 24.8 Å². The molecule has 0 amide bonds. The van der Waals surface area contributed by atoms with E-state index in [9.17, 15) is 13.2 Å². The largest absolute Gasteiger partial charge is 0.434 e. The summed E-state index contributed by atoms with van der Waals surface area (Å²) < 4.78 is 40.4. The van der Waals surface area contributed by atoms with Crippen molar-refractivity contribution in [1.29, 1.82) is 0 Å². The van der Waals surface area contributed by atoms with Gasteiger partial charge < -0.3 is 9.88 Å². The molecular formula is C16H18F3N3. The van der Waals surface area contributed by atoms with Crippen LogP contribution in [0.2, 0.25) is 0 Å². The summed E-state index contributed by atoms with van der Waals surface area (Å²) in [5, 5.41) is 3.04. The van der Waals surface area contributed by atoms with Gasteiger partial charge in [0.2, 0.25) is 0 Å². The summed E-state index contributed by atoms with van der Waals surface area (Å²) in [6.07, 6.45) is -1.11. The Morgan fingerprint density at radius 1 is 1.23 bits per heavy atom. The van der Waals surface area contributed by atoms with Crippen LogP contribution < -0.4 is 5.32 Å². The number of alkyl halides is 3. The van der Waals surface area contributed by atoms with Crippen LogP contribution in [0, 0.1) is 5.92 Å². The Labute approximate surface area is 127 Å². The van der Waals surface area contributed by atoms with E-state index in [0.29, 0.717) is 18.3 Å². The number of nitrogens with one attached hydrogen (secondary N) is 1. The number of rotatable bonds is 5. The van der Waals surface area contributed by atoms with E-state index in [2.05, 4.69) is 10.3 Å². The van der Waals surface area contributed by atoms with Gasteiger partial charge in [-0.05, 0) is 31.4 Å². The maximum absolute atomic E-state index is 12.9. The first kappa shape index (κ1) is 15.1. The average Bonchev–Trinajstić information content (AvgIpc) is 3.16. The molecule has 0 unspecified atom stereocenters. The van der Waals surface area contributed by atoms with Gasteiger partial charge in [-0.1, -0.05) is 24.3 Å². The highest BCUT2D eigenvalue weighted by atomic mass is 19.4. The standard InChI is InChI=1S/C16H18F3N3/c1-20-8-11-4-6-13(7-5-11)15-21-14(16(17,18)19)10-22(15)9-12-2-3-12/h4-7,10,12,20H,2-3,8-9H2,1H3. The third-order valence-corrected chi connectivity index (χ3v) is 3.81. The smallest absolute Gasteiger partial charge is 0.330 e. The topological polar surface area (TPSA) is 29.9 Å². The number of hydrogen-bond donors (Lipinski definition) is 1. The Morgan fingerprint density at radius 2 is 1.91 bits per heavy atom. The van der Waals surface area contributed by atoms with Crippen molar-refractivity contribution in [1.82, 2.24) is 14.9 Å². The lowest BCUT2D eigenvalue weighted by Gasteiger charge is -2.07. The molecule has 1 aliphatic carbocycles. The molecule has 118 valence electrons. The van der Waals surface area contributed by atoms with Crippen LogP contribution in [-0.2, 0) is 19.3 Å². The van der Waals surface area contributed by atoms with E-state index >= 15 is 0 Å². The normalized spacial score (nSPS) is 15.3. The number of aromatic nitrogens is 2. The number of nitrogens with zero attached hydrogens (tertiary/aromatic N) is 2.